The van der Waals surface area contributed by atoms with E-state index in [9.17, 15) is 24.0 Å². The predicted octanol–water partition coefficient (Wildman–Crippen LogP) is 18.4. The lowest BCUT2D eigenvalue weighted by Gasteiger charge is -2.34. The fourth-order valence-electron chi connectivity index (χ4n) is 21.5. The Labute approximate surface area is 849 Å². The van der Waals surface area contributed by atoms with Crippen molar-refractivity contribution in [2.45, 2.75) is 117 Å². The highest BCUT2D eigenvalue weighted by atomic mass is 32.2. The number of thioether (sulfide) groups is 1. The first-order valence-corrected chi connectivity index (χ1v) is 51.5. The van der Waals surface area contributed by atoms with Gasteiger partial charge in [0.25, 0.3) is 22.2 Å². The number of ether oxygens (including phenoxy) is 2. The lowest BCUT2D eigenvalue weighted by Crippen LogP contribution is -2.39. The topological polar surface area (TPSA) is 329 Å². The van der Waals surface area contributed by atoms with Crippen molar-refractivity contribution in [3.05, 3.63) is 359 Å². The fourth-order valence-corrected chi connectivity index (χ4v) is 22.6. The van der Waals surface area contributed by atoms with Gasteiger partial charge in [0, 0.05) is 148 Å². The van der Waals surface area contributed by atoms with Crippen molar-refractivity contribution < 1.29 is 14.3 Å². The number of likely N-dealkylation sites (N-methyl/N-ethyl adjacent to an activating group) is 2. The highest BCUT2D eigenvalue weighted by Crippen LogP contribution is 2.44. The number of benzene rings is 8. The van der Waals surface area contributed by atoms with Gasteiger partial charge >= 0.3 is 0 Å². The van der Waals surface area contributed by atoms with E-state index in [0.29, 0.717) is 106 Å². The molecule has 8 aromatic heterocycles. The second-order valence-electron chi connectivity index (χ2n) is 38.9. The van der Waals surface area contributed by atoms with Crippen molar-refractivity contribution in [3.63, 3.8) is 0 Å². The number of rotatable bonds is 19. The van der Waals surface area contributed by atoms with Gasteiger partial charge < -0.3 is 61.8 Å². The first-order chi connectivity index (χ1) is 71.5. The molecule has 3 saturated heterocycles. The third kappa shape index (κ3) is 20.2. The van der Waals surface area contributed by atoms with Crippen molar-refractivity contribution in [2.75, 3.05) is 130 Å². The number of terminal acetylenes is 1. The average molecular weight is 1960 g/mol. The minimum Gasteiger partial charge on any atom is -0.490 e. The zero-order valence-corrected chi connectivity index (χ0v) is 82.6. The molecule has 736 valence electrons. The average Bonchev–Trinajstić information content (AvgIpc) is 1.44. The molecule has 30 heteroatoms. The number of anilines is 10. The van der Waals surface area contributed by atoms with E-state index in [0.717, 1.165) is 170 Å². The van der Waals surface area contributed by atoms with E-state index in [-0.39, 0.29) is 58.7 Å². The number of pyridine rings is 4. The van der Waals surface area contributed by atoms with Crippen LogP contribution in [0.3, 0.4) is 0 Å². The summed E-state index contributed by atoms with van der Waals surface area (Å²) in [6.45, 7) is 16.4. The lowest BCUT2D eigenvalue weighted by molar-refractivity contribution is 0.0841. The molecule has 0 spiro atoms. The van der Waals surface area contributed by atoms with Gasteiger partial charge in [0.15, 0.2) is 11.5 Å². The van der Waals surface area contributed by atoms with Gasteiger partial charge in [-0.2, -0.15) is 19.9 Å². The zero-order valence-electron chi connectivity index (χ0n) is 81.7. The summed E-state index contributed by atoms with van der Waals surface area (Å²) in [7, 11) is 4.23. The van der Waals surface area contributed by atoms with Gasteiger partial charge in [-0.05, 0) is 276 Å². The molecule has 0 radical (unpaired) electrons. The summed E-state index contributed by atoms with van der Waals surface area (Å²) in [4.78, 5) is 111. The third-order valence-corrected chi connectivity index (χ3v) is 30.6. The number of carbonyl (C=O) groups excluding carboxylic acids is 1. The summed E-state index contributed by atoms with van der Waals surface area (Å²) in [6.07, 6.45) is 24.1. The Kier molecular flexibility index (Phi) is 27.5. The van der Waals surface area contributed by atoms with Gasteiger partial charge in [0.1, 0.15) is 41.0 Å². The van der Waals surface area contributed by atoms with Crippen LogP contribution in [0.1, 0.15) is 160 Å². The lowest BCUT2D eigenvalue weighted by atomic mass is 9.90. The number of likely N-dealkylation sites (tertiary alicyclic amines) is 1. The fraction of sp³-hybridized carbons (Fsp3) is 0.284. The Hall–Kier alpha value is -15.8. The van der Waals surface area contributed by atoms with Crippen LogP contribution >= 0.6 is 11.8 Å². The summed E-state index contributed by atoms with van der Waals surface area (Å²) in [6, 6.07) is 73.2. The van der Waals surface area contributed by atoms with Gasteiger partial charge in [-0.1, -0.05) is 134 Å². The molecule has 16 aromatic rings. The van der Waals surface area contributed by atoms with Crippen LogP contribution in [-0.4, -0.2) is 167 Å². The van der Waals surface area contributed by atoms with Crippen LogP contribution < -0.4 is 79.1 Å². The van der Waals surface area contributed by atoms with E-state index >= 15 is 0 Å². The third-order valence-electron chi connectivity index (χ3n) is 29.3. The van der Waals surface area contributed by atoms with E-state index in [4.69, 9.17) is 35.8 Å². The Morgan fingerprint density at radius 1 is 0.500 bits per heavy atom. The van der Waals surface area contributed by atoms with E-state index < -0.39 is 6.04 Å². The van der Waals surface area contributed by atoms with Crippen molar-refractivity contribution in [1.82, 2.24) is 79.0 Å². The van der Waals surface area contributed by atoms with Gasteiger partial charge in [-0.25, -0.2) is 19.9 Å². The van der Waals surface area contributed by atoms with Crippen LogP contribution in [0, 0.1) is 12.3 Å². The molecule has 146 heavy (non-hydrogen) atoms. The Morgan fingerprint density at radius 2 is 1.06 bits per heavy atom. The SMILES string of the molecule is C#Cc1cc2cnc(Nc3ccc(C4=CCNCC4)cc3)nc2n(C2Cc3ccccc3N(C)C2)c1=O.C=C1c2ccccc2NCC1n1c(=O)ccc2cnc(Nc3ccc(C4CCNC4)cc3)nc21.CCOc1cc2cnc(Nc3ccc(C4CCN(C)C4)cc3)nc2n(C2CSc3ccccc3C2)c1=O.O=C1c2ccccc2OCC1n1c(=O)c(C2CC2)cc2cnc(Nc3ccc(C4CCNCC4)cc3)nc21. The van der Waals surface area contributed by atoms with Gasteiger partial charge in [-0.15, -0.1) is 18.2 Å². The number of Topliss-reactive ketones (excluding diaryl/α,β-unsaturated/α-hetero) is 1. The second-order valence-corrected chi connectivity index (χ2v) is 39.9. The molecule has 9 aliphatic rings. The number of carbonyl (C=O) groups is 1. The van der Waals surface area contributed by atoms with E-state index in [1.165, 1.54) is 66.9 Å². The van der Waals surface area contributed by atoms with Crippen LogP contribution in [0.25, 0.3) is 55.3 Å². The van der Waals surface area contributed by atoms with Crippen LogP contribution in [0.4, 0.5) is 57.9 Å². The molecule has 8 aromatic carbocycles. The monoisotopic (exact) mass is 1960 g/mol. The molecule has 1 saturated carbocycles. The first kappa shape index (κ1) is 95.1. The summed E-state index contributed by atoms with van der Waals surface area (Å²) < 4.78 is 18.5. The maximum Gasteiger partial charge on any atom is 0.294 e. The number of hydrogen-bond acceptors (Lipinski definition) is 26. The second kappa shape index (κ2) is 42.3. The van der Waals surface area contributed by atoms with Crippen LogP contribution in [-0.2, 0) is 12.8 Å². The molecule has 8 N–H and O–H groups in total. The van der Waals surface area contributed by atoms with Crippen molar-refractivity contribution in [3.8, 4) is 23.8 Å². The molecule has 1 aliphatic carbocycles. The number of nitrogens with zero attached hydrogens (tertiary/aromatic N) is 14. The minimum absolute atomic E-state index is 0.0260. The maximum atomic E-state index is 13.7. The molecule has 8 aliphatic heterocycles. The smallest absolute Gasteiger partial charge is 0.294 e. The highest BCUT2D eigenvalue weighted by Gasteiger charge is 2.38. The number of nitrogens with one attached hydrogen (secondary N) is 8. The van der Waals surface area contributed by atoms with Crippen molar-refractivity contribution >= 4 is 131 Å². The number of para-hydroxylation sites is 3. The van der Waals surface area contributed by atoms with Gasteiger partial charge in [-0.3, -0.25) is 42.2 Å². The number of piperidine rings is 1. The molecule has 29 nitrogen and oxygen atoms in total. The standard InChI is InChI=1S/C30H28N6O.C30H29N5O3.C29H31N5O2S.C27H26N6O/c1-3-20-16-24-18-32-30(33-25-10-8-21(9-11-25)22-12-14-31-15-13-22)34-28(24)36(29(20)37)26-17-23-6-4-5-7-27(23)35(2)19-26;36-27-23-3-1-2-4-26(23)38-17-25(27)35-28-21(15-24(29(35)37)20-5-6-20)16-32-30(34-28)33-22-9-7-18(8-10-22)19-11-13-31-14-12-19;1-3-36-25-15-22-16-30-29(31-23-10-8-19(9-11-23)21-12-13-33(2)17-21)32-27(22)34(28(25)35)24-14-20-6-4-5-7-26(20)37-18-24;1-17-22-4-2-3-5-23(22)29-16-24(17)33-25(34)11-8-20-15-30-27(32-26(20)33)31-21-9-6-18(7-10-21)19-12-13-28-14-19/h1,4-12,16,18,26,31H,13-15,17,19H2,2H3,(H,32,33,34);1-4,7-10,15-16,19-20,25,31H,5-6,11-14,17H2,(H,32,33,34);4-11,15-16,21,24H,3,12-14,17-18H2,1-2H3,(H,30,31,32);2-11,15,19,24,28-29H,1,12-14,16H2,(H,30,31,32). The zero-order chi connectivity index (χ0) is 99.4. The molecule has 6 unspecified atom stereocenters. The molecule has 25 rings (SSSR count). The first-order valence-electron chi connectivity index (χ1n) is 50.5. The van der Waals surface area contributed by atoms with Crippen molar-refractivity contribution in [1.29, 1.82) is 0 Å². The largest absolute Gasteiger partial charge is 0.490 e. The number of fused-ring (bicyclic) bond motifs is 8. The van der Waals surface area contributed by atoms with Crippen LogP contribution in [0.15, 0.2) is 286 Å². The molecule has 4 fully saturated rings. The molecule has 0 bridgehead atoms. The summed E-state index contributed by atoms with van der Waals surface area (Å²) in [5.41, 5.74) is 20.0. The Bertz CT molecular complexity index is 7990. The summed E-state index contributed by atoms with van der Waals surface area (Å²) >= 11 is 1.78. The van der Waals surface area contributed by atoms with Crippen LogP contribution in [0.2, 0.25) is 0 Å². The summed E-state index contributed by atoms with van der Waals surface area (Å²) in [5.74, 6) is 7.82. The number of ketones is 1. The van der Waals surface area contributed by atoms with E-state index in [1.807, 2.05) is 90.4 Å². The molecule has 6 atom stereocenters. The van der Waals surface area contributed by atoms with E-state index in [2.05, 4.69) is 214 Å². The number of hydrogen-bond donors (Lipinski definition) is 8. The van der Waals surface area contributed by atoms with Crippen molar-refractivity contribution in [2.24, 2.45) is 0 Å². The normalized spacial score (nSPS) is 19.0. The minimum atomic E-state index is -0.786. The quantitative estimate of drug-likeness (QED) is 0.0349. The molecular formula is C116H114N22O7S. The summed E-state index contributed by atoms with van der Waals surface area (Å²) in [5, 5.41) is 29.9. The number of aromatic nitrogens is 12. The Morgan fingerprint density at radius 3 is 1.69 bits per heavy atom. The molecule has 16 heterocycles. The molecular weight excluding hydrogens is 1850 g/mol. The van der Waals surface area contributed by atoms with E-state index in [1.54, 1.807) is 82.1 Å². The Balaban J connectivity index is 0.000000111. The van der Waals surface area contributed by atoms with Gasteiger partial charge in [0.2, 0.25) is 23.8 Å². The van der Waals surface area contributed by atoms with Gasteiger partial charge in [0.05, 0.1) is 35.9 Å². The molecule has 0 amide bonds. The van der Waals surface area contributed by atoms with Crippen LogP contribution in [0.5, 0.6) is 11.5 Å². The predicted molar refractivity (Wildman–Crippen MR) is 581 cm³/mol. The highest BCUT2D eigenvalue weighted by molar-refractivity contribution is 7.99. The maximum absolute atomic E-state index is 13.7.